The summed E-state index contributed by atoms with van der Waals surface area (Å²) in [6, 6.07) is 0. The normalized spacial score (nSPS) is 10.2. The summed E-state index contributed by atoms with van der Waals surface area (Å²) in [5.41, 5.74) is 0.614. The molecule has 0 saturated heterocycles. The lowest BCUT2D eigenvalue weighted by Crippen LogP contribution is -2.02. The van der Waals surface area contributed by atoms with Crippen molar-refractivity contribution in [1.29, 1.82) is 0 Å². The van der Waals surface area contributed by atoms with Gasteiger partial charge in [-0.3, -0.25) is 4.79 Å². The fourth-order valence-corrected chi connectivity index (χ4v) is 1.71. The summed E-state index contributed by atoms with van der Waals surface area (Å²) >= 11 is 6.93. The van der Waals surface area contributed by atoms with E-state index in [1.165, 1.54) is 18.7 Å². The molecule has 0 atom stereocenters. The zero-order valence-electron chi connectivity index (χ0n) is 6.87. The Kier molecular flexibility index (Phi) is 3.17. The highest BCUT2D eigenvalue weighted by molar-refractivity contribution is 8.00. The number of carbonyl (C=O) groups is 1. The predicted molar refractivity (Wildman–Crippen MR) is 49.8 cm³/mol. The second-order valence-electron chi connectivity index (χ2n) is 2.29. The first-order valence-electron chi connectivity index (χ1n) is 3.38. The fraction of sp³-hybridized carbons (Fsp3) is 0.429. The number of imidazole rings is 1. The van der Waals surface area contributed by atoms with Gasteiger partial charge in [-0.25, -0.2) is 4.98 Å². The van der Waals surface area contributed by atoms with Gasteiger partial charge in [0.15, 0.2) is 10.9 Å². The molecular weight excluding hydrogens is 196 g/mol. The molecule has 0 bridgehead atoms. The van der Waals surface area contributed by atoms with Crippen molar-refractivity contribution in [3.05, 3.63) is 11.9 Å². The van der Waals surface area contributed by atoms with Crippen molar-refractivity contribution >= 4 is 29.1 Å². The van der Waals surface area contributed by atoms with Gasteiger partial charge in [-0.1, -0.05) is 11.8 Å². The molecule has 66 valence electrons. The van der Waals surface area contributed by atoms with Gasteiger partial charge >= 0.3 is 0 Å². The molecule has 0 amide bonds. The van der Waals surface area contributed by atoms with Crippen LogP contribution in [0.4, 0.5) is 0 Å². The molecule has 0 fully saturated rings. The fourth-order valence-electron chi connectivity index (χ4n) is 0.903. The molecule has 12 heavy (non-hydrogen) atoms. The van der Waals surface area contributed by atoms with Gasteiger partial charge in [-0.2, -0.15) is 0 Å². The zero-order valence-corrected chi connectivity index (χ0v) is 8.45. The van der Waals surface area contributed by atoms with Crippen LogP contribution in [0.5, 0.6) is 0 Å². The number of rotatable bonds is 3. The minimum absolute atomic E-state index is 0.0198. The number of alkyl halides is 1. The number of hydrogen-bond acceptors (Lipinski definition) is 3. The monoisotopic (exact) mass is 204 g/mol. The highest BCUT2D eigenvalue weighted by Crippen LogP contribution is 2.17. The van der Waals surface area contributed by atoms with E-state index in [2.05, 4.69) is 4.98 Å². The summed E-state index contributed by atoms with van der Waals surface area (Å²) in [6.07, 6.45) is 1.57. The van der Waals surface area contributed by atoms with Gasteiger partial charge in [0.2, 0.25) is 0 Å². The van der Waals surface area contributed by atoms with Gasteiger partial charge in [0.25, 0.3) is 0 Å². The van der Waals surface area contributed by atoms with E-state index >= 15 is 0 Å². The molecule has 0 aromatic carbocycles. The van der Waals surface area contributed by atoms with Gasteiger partial charge in [0.05, 0.1) is 11.4 Å². The zero-order chi connectivity index (χ0) is 9.14. The van der Waals surface area contributed by atoms with E-state index in [1.807, 2.05) is 0 Å². The number of aromatic nitrogens is 2. The van der Waals surface area contributed by atoms with Crippen molar-refractivity contribution in [3.8, 4) is 0 Å². The molecule has 0 aliphatic heterocycles. The van der Waals surface area contributed by atoms with Gasteiger partial charge < -0.3 is 4.57 Å². The quantitative estimate of drug-likeness (QED) is 0.429. The Bertz CT molecular complexity index is 298. The van der Waals surface area contributed by atoms with E-state index in [-0.39, 0.29) is 5.78 Å². The molecule has 1 aromatic heterocycles. The first kappa shape index (κ1) is 9.61. The maximum Gasteiger partial charge on any atom is 0.177 e. The average molecular weight is 205 g/mol. The Morgan fingerprint density at radius 2 is 2.50 bits per heavy atom. The molecule has 3 nitrogen and oxygen atoms in total. The average Bonchev–Trinajstić information content (AvgIpc) is 2.34. The van der Waals surface area contributed by atoms with Crippen molar-refractivity contribution in [2.45, 2.75) is 12.1 Å². The van der Waals surface area contributed by atoms with Crippen molar-refractivity contribution in [1.82, 2.24) is 9.55 Å². The lowest BCUT2D eigenvalue weighted by molar-refractivity contribution is 0.100. The van der Waals surface area contributed by atoms with Crippen LogP contribution in [0.25, 0.3) is 0 Å². The van der Waals surface area contributed by atoms with Gasteiger partial charge in [-0.05, 0) is 0 Å². The third kappa shape index (κ3) is 1.81. The molecule has 1 aromatic rings. The Labute approximate surface area is 80.1 Å². The Hall–Kier alpha value is -0.480. The van der Waals surface area contributed by atoms with E-state index < -0.39 is 0 Å². The maximum atomic E-state index is 11.0. The van der Waals surface area contributed by atoms with Gasteiger partial charge in [0.1, 0.15) is 5.69 Å². The molecular formula is C7H9ClN2OS. The summed E-state index contributed by atoms with van der Waals surface area (Å²) in [5, 5.41) is 1.22. The molecule has 0 saturated carbocycles. The van der Waals surface area contributed by atoms with Crippen LogP contribution in [0.15, 0.2) is 11.4 Å². The Balaban J connectivity index is 2.96. The van der Waals surface area contributed by atoms with Crippen LogP contribution < -0.4 is 0 Å². The van der Waals surface area contributed by atoms with Crippen molar-refractivity contribution < 1.29 is 4.79 Å². The van der Waals surface area contributed by atoms with Crippen molar-refractivity contribution in [2.24, 2.45) is 7.05 Å². The van der Waals surface area contributed by atoms with E-state index in [0.29, 0.717) is 10.9 Å². The molecule has 1 rings (SSSR count). The minimum atomic E-state index is 0.0198. The Morgan fingerprint density at radius 3 is 2.92 bits per heavy atom. The van der Waals surface area contributed by atoms with Gasteiger partial charge in [-0.15, -0.1) is 11.6 Å². The molecule has 5 heteroatoms. The summed E-state index contributed by atoms with van der Waals surface area (Å²) in [7, 11) is 1.80. The van der Waals surface area contributed by atoms with E-state index in [9.17, 15) is 4.79 Å². The minimum Gasteiger partial charge on any atom is -0.320 e. The number of Topliss-reactive ketones (excluding diaryl/α,β-unsaturated/α-hetero) is 1. The number of nitrogens with zero attached hydrogens (tertiary/aromatic N) is 2. The van der Waals surface area contributed by atoms with Crippen LogP contribution in [0.2, 0.25) is 0 Å². The predicted octanol–water partition coefficient (Wildman–Crippen LogP) is 1.91. The van der Waals surface area contributed by atoms with Crippen LogP contribution in [0, 0.1) is 0 Å². The Morgan fingerprint density at radius 1 is 1.83 bits per heavy atom. The smallest absolute Gasteiger partial charge is 0.177 e. The van der Waals surface area contributed by atoms with Crippen LogP contribution >= 0.6 is 23.4 Å². The largest absolute Gasteiger partial charge is 0.320 e. The maximum absolute atomic E-state index is 11.0. The third-order valence-corrected chi connectivity index (χ3v) is 2.56. The molecule has 0 spiro atoms. The summed E-state index contributed by atoms with van der Waals surface area (Å²) in [6.45, 7) is 1.52. The van der Waals surface area contributed by atoms with Crippen LogP contribution in [-0.2, 0) is 7.05 Å². The first-order valence-corrected chi connectivity index (χ1v) is 4.90. The van der Waals surface area contributed by atoms with E-state index in [4.69, 9.17) is 11.6 Å². The molecule has 0 aliphatic carbocycles. The first-order chi connectivity index (χ1) is 5.66. The highest BCUT2D eigenvalue weighted by atomic mass is 35.5. The third-order valence-electron chi connectivity index (χ3n) is 1.49. The van der Waals surface area contributed by atoms with Crippen LogP contribution in [0.3, 0.4) is 0 Å². The van der Waals surface area contributed by atoms with Crippen LogP contribution in [0.1, 0.15) is 17.4 Å². The lowest BCUT2D eigenvalue weighted by Gasteiger charge is -2.00. The molecule has 0 radical (unpaired) electrons. The molecule has 1 heterocycles. The number of hydrogen-bond donors (Lipinski definition) is 0. The van der Waals surface area contributed by atoms with Crippen molar-refractivity contribution in [3.63, 3.8) is 0 Å². The number of thioether (sulfide) groups is 1. The highest BCUT2D eigenvalue weighted by Gasteiger charge is 2.09. The summed E-state index contributed by atoms with van der Waals surface area (Å²) in [4.78, 5) is 15.0. The van der Waals surface area contributed by atoms with E-state index in [1.54, 1.807) is 17.8 Å². The summed E-state index contributed by atoms with van der Waals surface area (Å²) in [5.74, 6) is 0.0198. The topological polar surface area (TPSA) is 34.9 Å². The molecule has 0 N–H and O–H groups in total. The lowest BCUT2D eigenvalue weighted by atomic mass is 10.3. The standard InChI is InChI=1S/C7H9ClN2OS/c1-5(11)6-3-9-7(10(6)2)12-4-8/h3H,4H2,1-2H3. The second-order valence-corrected chi connectivity index (χ2v) is 3.82. The van der Waals surface area contributed by atoms with Crippen molar-refractivity contribution in [2.75, 3.05) is 5.21 Å². The number of carbonyl (C=O) groups excluding carboxylic acids is 1. The van der Waals surface area contributed by atoms with Crippen LogP contribution in [-0.4, -0.2) is 20.5 Å². The number of ketones is 1. The molecule has 0 unspecified atom stereocenters. The SMILES string of the molecule is CC(=O)c1cnc(SCCl)n1C. The molecule has 0 aliphatic rings. The van der Waals surface area contributed by atoms with E-state index in [0.717, 1.165) is 5.16 Å². The van der Waals surface area contributed by atoms with Gasteiger partial charge in [0, 0.05) is 14.0 Å². The summed E-state index contributed by atoms with van der Waals surface area (Å²) < 4.78 is 1.75. The number of halogens is 1. The second kappa shape index (κ2) is 3.96.